The summed E-state index contributed by atoms with van der Waals surface area (Å²) in [5, 5.41) is 1.22. The highest BCUT2D eigenvalue weighted by Gasteiger charge is 2.18. The van der Waals surface area contributed by atoms with E-state index in [4.69, 9.17) is 20.4 Å². The zero-order chi connectivity index (χ0) is 40.0. The van der Waals surface area contributed by atoms with Crippen LogP contribution in [0.2, 0.25) is 0 Å². The molecular formula is C51H34N4. The largest absolute Gasteiger partial charge is 0.309 e. The molecule has 8 aromatic carbocycles. The van der Waals surface area contributed by atoms with Gasteiger partial charge in [-0.2, -0.15) is 0 Å². The number of para-hydroxylation sites is 2. The normalized spacial score (nSPS) is 12.3. The molecule has 0 unspecified atom stereocenters. The van der Waals surface area contributed by atoms with E-state index < -0.39 is 0 Å². The van der Waals surface area contributed by atoms with Crippen LogP contribution < -0.4 is 0 Å². The van der Waals surface area contributed by atoms with Gasteiger partial charge in [-0.05, 0) is 58.1 Å². The quantitative estimate of drug-likeness (QED) is 0.166. The molecular weight excluding hydrogens is 669 g/mol. The van der Waals surface area contributed by atoms with Crippen molar-refractivity contribution in [1.82, 2.24) is 19.5 Å². The van der Waals surface area contributed by atoms with E-state index in [9.17, 15) is 0 Å². The summed E-state index contributed by atoms with van der Waals surface area (Å²) < 4.78 is 37.4. The monoisotopic (exact) mass is 706 g/mol. The lowest BCUT2D eigenvalue weighted by atomic mass is 9.98. The number of nitrogens with zero attached hydrogens (tertiary/aromatic N) is 4. The first-order chi connectivity index (χ1) is 28.9. The van der Waals surface area contributed by atoms with Crippen LogP contribution in [0.25, 0.3) is 95.0 Å². The number of aromatic nitrogens is 4. The summed E-state index contributed by atoms with van der Waals surface area (Å²) in [6, 6.07) is 60.1. The van der Waals surface area contributed by atoms with E-state index in [-0.39, 0.29) is 24.2 Å². The van der Waals surface area contributed by atoms with Gasteiger partial charge in [-0.25, -0.2) is 15.0 Å². The van der Waals surface area contributed by atoms with Crippen LogP contribution in [0.3, 0.4) is 0 Å². The Kier molecular flexibility index (Phi) is 7.08. The predicted octanol–water partition coefficient (Wildman–Crippen LogP) is 13.0. The van der Waals surface area contributed by atoms with Gasteiger partial charge in [0.05, 0.1) is 16.5 Å². The maximum atomic E-state index is 9.16. The van der Waals surface area contributed by atoms with Crippen molar-refractivity contribution in [3.05, 3.63) is 206 Å². The van der Waals surface area contributed by atoms with E-state index in [2.05, 4.69) is 60.7 Å². The van der Waals surface area contributed by atoms with E-state index in [0.29, 0.717) is 28.4 Å². The van der Waals surface area contributed by atoms with Crippen LogP contribution >= 0.6 is 0 Å². The Balaban J connectivity index is 1.12. The lowest BCUT2D eigenvalue weighted by molar-refractivity contribution is 1.07. The summed E-state index contributed by atoms with van der Waals surface area (Å²) in [5.74, 6) is 1.62. The highest BCUT2D eigenvalue weighted by atomic mass is 15.0. The van der Waals surface area contributed by atoms with Gasteiger partial charge in [0.2, 0.25) is 0 Å². The first-order valence-electron chi connectivity index (χ1n) is 20.2. The molecule has 2 heterocycles. The molecule has 4 heteroatoms. The van der Waals surface area contributed by atoms with Crippen LogP contribution in [0.1, 0.15) is 5.48 Å². The fourth-order valence-corrected chi connectivity index (χ4v) is 7.28. The Hall–Kier alpha value is -7.43. The van der Waals surface area contributed by atoms with E-state index in [1.54, 1.807) is 0 Å². The van der Waals surface area contributed by atoms with E-state index in [1.807, 2.05) is 126 Å². The summed E-state index contributed by atoms with van der Waals surface area (Å²) in [4.78, 5) is 14.9. The van der Waals surface area contributed by atoms with Crippen molar-refractivity contribution >= 4 is 21.8 Å². The predicted molar refractivity (Wildman–Crippen MR) is 227 cm³/mol. The van der Waals surface area contributed by atoms with Gasteiger partial charge in [-0.3, -0.25) is 0 Å². The van der Waals surface area contributed by atoms with Gasteiger partial charge in [0.15, 0.2) is 17.5 Å². The number of hydrogen-bond donors (Lipinski definition) is 0. The number of hydrogen-bond acceptors (Lipinski definition) is 3. The Labute approximate surface area is 325 Å². The highest BCUT2D eigenvalue weighted by Crippen LogP contribution is 2.39. The Morgan fingerprint density at radius 2 is 0.764 bits per heavy atom. The molecule has 2 aromatic heterocycles. The molecule has 0 aliphatic heterocycles. The zero-order valence-electron chi connectivity index (χ0n) is 33.6. The van der Waals surface area contributed by atoms with E-state index in [0.717, 1.165) is 66.7 Å². The van der Waals surface area contributed by atoms with E-state index in [1.165, 1.54) is 0 Å². The van der Waals surface area contributed by atoms with Crippen molar-refractivity contribution in [3.63, 3.8) is 0 Å². The third-order valence-electron chi connectivity index (χ3n) is 10.0. The summed E-state index contributed by atoms with van der Waals surface area (Å²) in [7, 11) is 0. The molecule has 258 valence electrons. The molecule has 55 heavy (non-hydrogen) atoms. The van der Waals surface area contributed by atoms with Crippen molar-refractivity contribution < 1.29 is 5.48 Å². The van der Waals surface area contributed by atoms with Crippen molar-refractivity contribution in [3.8, 4) is 73.2 Å². The Morgan fingerprint density at radius 3 is 1.31 bits per heavy atom. The third kappa shape index (κ3) is 6.06. The molecule has 10 rings (SSSR count). The number of rotatable bonds is 7. The lowest BCUT2D eigenvalue weighted by Gasteiger charge is -2.13. The number of fused-ring (bicyclic) bond motifs is 3. The van der Waals surface area contributed by atoms with Gasteiger partial charge in [-0.1, -0.05) is 176 Å². The van der Waals surface area contributed by atoms with Gasteiger partial charge in [0.25, 0.3) is 0 Å². The molecule has 0 aliphatic rings. The second-order valence-electron chi connectivity index (χ2n) is 13.4. The average Bonchev–Trinajstić information content (AvgIpc) is 3.67. The maximum Gasteiger partial charge on any atom is 0.164 e. The minimum Gasteiger partial charge on any atom is -0.309 e. The molecule has 0 fully saturated rings. The summed E-state index contributed by atoms with van der Waals surface area (Å²) in [6.45, 7) is 0. The van der Waals surface area contributed by atoms with Gasteiger partial charge < -0.3 is 4.57 Å². The smallest absolute Gasteiger partial charge is 0.164 e. The summed E-state index contributed by atoms with van der Waals surface area (Å²) in [5.41, 5.74) is 10.8. The molecule has 0 aliphatic carbocycles. The lowest BCUT2D eigenvalue weighted by Crippen LogP contribution is -2.00. The first-order valence-corrected chi connectivity index (χ1v) is 18.2. The molecule has 0 atom stereocenters. The van der Waals surface area contributed by atoms with Crippen LogP contribution in [0.5, 0.6) is 0 Å². The molecule has 0 saturated carbocycles. The molecule has 0 N–H and O–H groups in total. The maximum absolute atomic E-state index is 9.16. The average molecular weight is 707 g/mol. The van der Waals surface area contributed by atoms with Gasteiger partial charge in [-0.15, -0.1) is 0 Å². The second kappa shape index (κ2) is 13.8. The molecule has 10 aromatic rings. The van der Waals surface area contributed by atoms with Crippen LogP contribution in [0.15, 0.2) is 206 Å². The van der Waals surface area contributed by atoms with Gasteiger partial charge in [0.1, 0.15) is 0 Å². The van der Waals surface area contributed by atoms with Gasteiger partial charge >= 0.3 is 0 Å². The van der Waals surface area contributed by atoms with Crippen LogP contribution in [0, 0.1) is 0 Å². The summed E-state index contributed by atoms with van der Waals surface area (Å²) in [6.07, 6.45) is 0. The van der Waals surface area contributed by atoms with Crippen LogP contribution in [-0.2, 0) is 0 Å². The second-order valence-corrected chi connectivity index (χ2v) is 13.4. The van der Waals surface area contributed by atoms with Crippen molar-refractivity contribution in [2.75, 3.05) is 0 Å². The highest BCUT2D eigenvalue weighted by molar-refractivity contribution is 6.13. The zero-order valence-corrected chi connectivity index (χ0v) is 29.6. The van der Waals surface area contributed by atoms with Gasteiger partial charge in [0, 0.05) is 38.7 Å². The minimum atomic E-state index is -0.278. The Morgan fingerprint density at radius 1 is 0.345 bits per heavy atom. The molecule has 4 nitrogen and oxygen atoms in total. The topological polar surface area (TPSA) is 43.6 Å². The van der Waals surface area contributed by atoms with Crippen LogP contribution in [0.4, 0.5) is 0 Å². The molecule has 0 saturated heterocycles. The first kappa shape index (κ1) is 28.1. The molecule has 0 radical (unpaired) electrons. The molecule has 0 spiro atoms. The summed E-state index contributed by atoms with van der Waals surface area (Å²) >= 11 is 0. The number of benzene rings is 8. The molecule has 0 amide bonds. The van der Waals surface area contributed by atoms with Crippen molar-refractivity contribution in [1.29, 1.82) is 0 Å². The fraction of sp³-hybridized carbons (Fsp3) is 0. The third-order valence-corrected chi connectivity index (χ3v) is 10.0. The minimum absolute atomic E-state index is 0.0686. The molecule has 0 bridgehead atoms. The van der Waals surface area contributed by atoms with Crippen LogP contribution in [-0.4, -0.2) is 19.5 Å². The SMILES string of the molecule is [2H]c1c([2H])c([2H])c2c(c1[2H])c1cccc(-c3ccc(-c4ccccc4)cc3)c1n2-c1ccc(-c2nc(-c3ccccc3)nc(-c3ccc(-c4ccccc4)cc3)n2)cc1. The van der Waals surface area contributed by atoms with Crippen molar-refractivity contribution in [2.45, 2.75) is 0 Å². The van der Waals surface area contributed by atoms with E-state index >= 15 is 0 Å². The fourth-order valence-electron chi connectivity index (χ4n) is 7.28. The standard InChI is InChI=1S/C51H34N4/c1-4-13-35(14-5-1)37-23-27-39(28-24-37)44-20-12-21-46-45-19-10-11-22-47(45)55(48(44)46)43-33-31-42(32-34-43)51-53-49(40-17-8-3-9-18-40)52-50(54-51)41-29-25-38(26-30-41)36-15-6-2-7-16-36/h1-34H/i10D,11D,19D,22D. The Bertz CT molecular complexity index is 3150. The van der Waals surface area contributed by atoms with Crippen molar-refractivity contribution in [2.24, 2.45) is 0 Å².